The monoisotopic (exact) mass is 192 g/mol. The molecule has 2 rings (SSSR count). The molecule has 0 aromatic rings. The smallest absolute Gasteiger partial charge is 0.0857 e. The van der Waals surface area contributed by atoms with E-state index in [1.165, 1.54) is 0 Å². The molecule has 2 heterocycles. The van der Waals surface area contributed by atoms with Crippen molar-refractivity contribution in [2.24, 2.45) is 5.73 Å². The highest BCUT2D eigenvalue weighted by Crippen LogP contribution is 2.32. The van der Waals surface area contributed by atoms with Gasteiger partial charge < -0.3 is 15.8 Å². The first-order valence-electron chi connectivity index (χ1n) is 4.44. The van der Waals surface area contributed by atoms with Gasteiger partial charge in [0.2, 0.25) is 0 Å². The Hall–Kier alpha value is 0.170. The van der Waals surface area contributed by atoms with Crippen LogP contribution < -0.4 is 11.1 Å². The number of halogens is 1. The minimum Gasteiger partial charge on any atom is -0.373 e. The maximum Gasteiger partial charge on any atom is 0.0857 e. The van der Waals surface area contributed by atoms with Gasteiger partial charge in [0.25, 0.3) is 0 Å². The Bertz CT molecular complexity index is 148. The molecule has 4 heteroatoms. The van der Waals surface area contributed by atoms with Crippen LogP contribution in [0.25, 0.3) is 0 Å². The van der Waals surface area contributed by atoms with Crippen LogP contribution in [0, 0.1) is 0 Å². The Morgan fingerprint density at radius 3 is 2.50 bits per heavy atom. The first kappa shape index (κ1) is 10.3. The maximum absolute atomic E-state index is 5.99. The van der Waals surface area contributed by atoms with Crippen LogP contribution >= 0.6 is 12.4 Å². The van der Waals surface area contributed by atoms with Crippen LogP contribution in [-0.2, 0) is 4.74 Å². The number of piperidine rings is 1. The van der Waals surface area contributed by atoms with Crippen molar-refractivity contribution in [1.29, 1.82) is 0 Å². The van der Waals surface area contributed by atoms with Crippen LogP contribution in [-0.4, -0.2) is 31.3 Å². The third-order valence-corrected chi connectivity index (χ3v) is 2.94. The highest BCUT2D eigenvalue weighted by atomic mass is 35.5. The van der Waals surface area contributed by atoms with Crippen LogP contribution in [0.1, 0.15) is 19.3 Å². The second-order valence-electron chi connectivity index (χ2n) is 3.56. The quantitative estimate of drug-likeness (QED) is 0.580. The molecule has 12 heavy (non-hydrogen) atoms. The summed E-state index contributed by atoms with van der Waals surface area (Å²) in [4.78, 5) is 0. The van der Waals surface area contributed by atoms with E-state index in [1.807, 2.05) is 0 Å². The molecular weight excluding hydrogens is 176 g/mol. The first-order chi connectivity index (χ1) is 5.33. The van der Waals surface area contributed by atoms with Crippen molar-refractivity contribution in [3.8, 4) is 0 Å². The maximum atomic E-state index is 5.99. The Labute approximate surface area is 79.4 Å². The van der Waals surface area contributed by atoms with E-state index in [4.69, 9.17) is 10.5 Å². The standard InChI is InChI=1S/C8H16N2O.ClH/c9-7-1-6-11-8(7)2-4-10-5-3-8;/h7,10H,1-6,9H2;1H. The van der Waals surface area contributed by atoms with E-state index in [0.717, 1.165) is 39.0 Å². The second-order valence-corrected chi connectivity index (χ2v) is 3.56. The zero-order chi connectivity index (χ0) is 7.73. The van der Waals surface area contributed by atoms with Gasteiger partial charge in [0.05, 0.1) is 5.60 Å². The molecule has 2 aliphatic rings. The Morgan fingerprint density at radius 2 is 2.00 bits per heavy atom. The van der Waals surface area contributed by atoms with Gasteiger partial charge in [0, 0.05) is 12.6 Å². The van der Waals surface area contributed by atoms with Crippen molar-refractivity contribution in [2.45, 2.75) is 30.9 Å². The summed E-state index contributed by atoms with van der Waals surface area (Å²) in [6.07, 6.45) is 3.22. The van der Waals surface area contributed by atoms with Crippen LogP contribution in [0.2, 0.25) is 0 Å². The Morgan fingerprint density at radius 1 is 1.33 bits per heavy atom. The van der Waals surface area contributed by atoms with Gasteiger partial charge in [-0.3, -0.25) is 0 Å². The largest absolute Gasteiger partial charge is 0.373 e. The summed E-state index contributed by atoms with van der Waals surface area (Å²) >= 11 is 0. The van der Waals surface area contributed by atoms with Crippen LogP contribution in [0.15, 0.2) is 0 Å². The lowest BCUT2D eigenvalue weighted by Gasteiger charge is -2.36. The molecule has 2 fully saturated rings. The van der Waals surface area contributed by atoms with Gasteiger partial charge >= 0.3 is 0 Å². The number of hydrogen-bond acceptors (Lipinski definition) is 3. The molecule has 0 radical (unpaired) electrons. The summed E-state index contributed by atoms with van der Waals surface area (Å²) in [6.45, 7) is 2.99. The van der Waals surface area contributed by atoms with Crippen LogP contribution in [0.4, 0.5) is 0 Å². The van der Waals surface area contributed by atoms with Crippen molar-refractivity contribution < 1.29 is 4.74 Å². The Kier molecular flexibility index (Phi) is 3.35. The number of hydrogen-bond donors (Lipinski definition) is 2. The fourth-order valence-electron chi connectivity index (χ4n) is 2.12. The zero-order valence-electron chi connectivity index (χ0n) is 7.21. The third-order valence-electron chi connectivity index (χ3n) is 2.94. The SMILES string of the molecule is Cl.NC1CCOC12CCNCC2. The first-order valence-corrected chi connectivity index (χ1v) is 4.44. The summed E-state index contributed by atoms with van der Waals surface area (Å²) in [7, 11) is 0. The lowest BCUT2D eigenvalue weighted by Crippen LogP contribution is -2.51. The molecule has 1 spiro atoms. The van der Waals surface area contributed by atoms with Crippen molar-refractivity contribution in [1.82, 2.24) is 5.32 Å². The van der Waals surface area contributed by atoms with Gasteiger partial charge in [-0.15, -0.1) is 12.4 Å². The third kappa shape index (κ3) is 1.59. The highest BCUT2D eigenvalue weighted by Gasteiger charge is 2.42. The van der Waals surface area contributed by atoms with Crippen LogP contribution in [0.5, 0.6) is 0 Å². The van der Waals surface area contributed by atoms with E-state index in [2.05, 4.69) is 5.32 Å². The number of nitrogens with two attached hydrogens (primary N) is 1. The molecule has 0 bridgehead atoms. The molecular formula is C8H17ClN2O. The number of rotatable bonds is 0. The molecule has 0 aliphatic carbocycles. The lowest BCUT2D eigenvalue weighted by molar-refractivity contribution is -0.0273. The minimum atomic E-state index is 0. The normalized spacial score (nSPS) is 33.2. The van der Waals surface area contributed by atoms with Crippen molar-refractivity contribution in [2.75, 3.05) is 19.7 Å². The van der Waals surface area contributed by atoms with E-state index in [0.29, 0.717) is 0 Å². The van der Waals surface area contributed by atoms with Gasteiger partial charge in [-0.2, -0.15) is 0 Å². The van der Waals surface area contributed by atoms with E-state index >= 15 is 0 Å². The van der Waals surface area contributed by atoms with Gasteiger partial charge in [-0.1, -0.05) is 0 Å². The van der Waals surface area contributed by atoms with Gasteiger partial charge in [0.1, 0.15) is 0 Å². The topological polar surface area (TPSA) is 47.3 Å². The molecule has 2 aliphatic heterocycles. The van der Waals surface area contributed by atoms with Crippen molar-refractivity contribution in [3.05, 3.63) is 0 Å². The molecule has 0 aromatic heterocycles. The molecule has 2 saturated heterocycles. The fourth-order valence-corrected chi connectivity index (χ4v) is 2.12. The van der Waals surface area contributed by atoms with Crippen molar-refractivity contribution >= 4 is 12.4 Å². The van der Waals surface area contributed by atoms with Gasteiger partial charge in [0.15, 0.2) is 0 Å². The molecule has 0 aromatic carbocycles. The average molecular weight is 193 g/mol. The van der Waals surface area contributed by atoms with E-state index in [9.17, 15) is 0 Å². The van der Waals surface area contributed by atoms with E-state index in [1.54, 1.807) is 0 Å². The molecule has 1 unspecified atom stereocenters. The molecule has 3 N–H and O–H groups in total. The summed E-state index contributed by atoms with van der Waals surface area (Å²) < 4.78 is 5.73. The summed E-state index contributed by atoms with van der Waals surface area (Å²) in [5.74, 6) is 0. The molecule has 3 nitrogen and oxygen atoms in total. The predicted molar refractivity (Wildman–Crippen MR) is 50.6 cm³/mol. The van der Waals surface area contributed by atoms with Crippen LogP contribution in [0.3, 0.4) is 0 Å². The second kappa shape index (κ2) is 3.92. The summed E-state index contributed by atoms with van der Waals surface area (Å²) in [5.41, 5.74) is 6.04. The molecule has 0 amide bonds. The summed E-state index contributed by atoms with van der Waals surface area (Å²) in [5, 5.41) is 3.32. The van der Waals surface area contributed by atoms with E-state index in [-0.39, 0.29) is 24.0 Å². The molecule has 1 atom stereocenters. The average Bonchev–Trinajstić information content (AvgIpc) is 2.36. The molecule has 72 valence electrons. The summed E-state index contributed by atoms with van der Waals surface area (Å²) in [6, 6.07) is 0.282. The highest BCUT2D eigenvalue weighted by molar-refractivity contribution is 5.85. The molecule has 0 saturated carbocycles. The van der Waals surface area contributed by atoms with Gasteiger partial charge in [-0.25, -0.2) is 0 Å². The minimum absolute atomic E-state index is 0. The number of nitrogens with one attached hydrogen (secondary N) is 1. The number of ether oxygens (including phenoxy) is 1. The predicted octanol–water partition coefficient (Wildman–Crippen LogP) is 0.278. The zero-order valence-corrected chi connectivity index (χ0v) is 8.03. The van der Waals surface area contributed by atoms with Gasteiger partial charge in [-0.05, 0) is 32.4 Å². The lowest BCUT2D eigenvalue weighted by atomic mass is 9.86. The fraction of sp³-hybridized carbons (Fsp3) is 1.00. The van der Waals surface area contributed by atoms with Crippen molar-refractivity contribution in [3.63, 3.8) is 0 Å². The van der Waals surface area contributed by atoms with E-state index < -0.39 is 0 Å². The Balaban J connectivity index is 0.000000720.